The van der Waals surface area contributed by atoms with Gasteiger partial charge in [-0.15, -0.1) is 0 Å². The second kappa shape index (κ2) is 6.56. The van der Waals surface area contributed by atoms with Crippen LogP contribution in [0.2, 0.25) is 0 Å². The summed E-state index contributed by atoms with van der Waals surface area (Å²) in [6.45, 7) is 5.59. The summed E-state index contributed by atoms with van der Waals surface area (Å²) in [7, 11) is 0. The third-order valence-corrected chi connectivity index (χ3v) is 3.81. The summed E-state index contributed by atoms with van der Waals surface area (Å²) in [5.41, 5.74) is 1.98. The summed E-state index contributed by atoms with van der Waals surface area (Å²) in [6.07, 6.45) is 1.25. The van der Waals surface area contributed by atoms with Crippen LogP contribution < -0.4 is 10.1 Å². The van der Waals surface area contributed by atoms with Gasteiger partial charge >= 0.3 is 6.09 Å². The van der Waals surface area contributed by atoms with E-state index < -0.39 is 5.60 Å². The van der Waals surface area contributed by atoms with Crippen molar-refractivity contribution in [2.75, 3.05) is 0 Å². The molecule has 0 saturated heterocycles. The molecule has 0 fully saturated rings. The molecule has 1 aliphatic carbocycles. The Morgan fingerprint density at radius 3 is 2.42 bits per heavy atom. The maximum absolute atomic E-state index is 11.9. The number of nitrogens with one attached hydrogen (secondary N) is 1. The Labute approximate surface area is 142 Å². The third-order valence-electron chi connectivity index (χ3n) is 3.81. The summed E-state index contributed by atoms with van der Waals surface area (Å²) >= 11 is 0. The Morgan fingerprint density at radius 1 is 1.00 bits per heavy atom. The number of carbonyl (C=O) groups is 1. The van der Waals surface area contributed by atoms with E-state index >= 15 is 0 Å². The number of carbonyl (C=O) groups excluding carboxylic acids is 1. The quantitative estimate of drug-likeness (QED) is 0.905. The molecular weight excluding hydrogens is 302 g/mol. The SMILES string of the molecule is CC(C)(C)OC(=O)NC1Cc2ccc(Oc3ccccc3)cc2C1. The summed E-state index contributed by atoms with van der Waals surface area (Å²) in [5, 5.41) is 2.95. The number of hydrogen-bond acceptors (Lipinski definition) is 3. The molecule has 3 rings (SSSR count). The lowest BCUT2D eigenvalue weighted by Gasteiger charge is -2.21. The van der Waals surface area contributed by atoms with Gasteiger partial charge in [-0.25, -0.2) is 4.79 Å². The van der Waals surface area contributed by atoms with Gasteiger partial charge in [0.15, 0.2) is 0 Å². The fraction of sp³-hybridized carbons (Fsp3) is 0.350. The first kappa shape index (κ1) is 16.4. The first-order chi connectivity index (χ1) is 11.4. The lowest BCUT2D eigenvalue weighted by atomic mass is 10.1. The lowest BCUT2D eigenvalue weighted by molar-refractivity contribution is 0.0506. The highest BCUT2D eigenvalue weighted by molar-refractivity contribution is 5.68. The zero-order chi connectivity index (χ0) is 17.2. The van der Waals surface area contributed by atoms with Gasteiger partial charge in [0.1, 0.15) is 17.1 Å². The van der Waals surface area contributed by atoms with Crippen LogP contribution in [0.1, 0.15) is 31.9 Å². The van der Waals surface area contributed by atoms with Crippen LogP contribution in [0.15, 0.2) is 48.5 Å². The highest BCUT2D eigenvalue weighted by Gasteiger charge is 2.25. The van der Waals surface area contributed by atoms with Gasteiger partial charge in [-0.2, -0.15) is 0 Å². The van der Waals surface area contributed by atoms with E-state index in [1.807, 2.05) is 57.2 Å². The van der Waals surface area contributed by atoms with Crippen LogP contribution in [0.5, 0.6) is 11.5 Å². The van der Waals surface area contributed by atoms with Crippen LogP contribution >= 0.6 is 0 Å². The van der Waals surface area contributed by atoms with Crippen molar-refractivity contribution in [2.45, 2.75) is 45.3 Å². The van der Waals surface area contributed by atoms with Gasteiger partial charge in [0.25, 0.3) is 0 Å². The van der Waals surface area contributed by atoms with E-state index in [1.54, 1.807) is 0 Å². The molecule has 4 heteroatoms. The number of amides is 1. The Balaban J connectivity index is 1.62. The molecule has 2 aromatic carbocycles. The largest absolute Gasteiger partial charge is 0.457 e. The Kier molecular flexibility index (Phi) is 4.47. The van der Waals surface area contributed by atoms with Crippen molar-refractivity contribution in [1.29, 1.82) is 0 Å². The van der Waals surface area contributed by atoms with Gasteiger partial charge in [-0.1, -0.05) is 24.3 Å². The maximum Gasteiger partial charge on any atom is 0.407 e. The summed E-state index contributed by atoms with van der Waals surface area (Å²) in [5.74, 6) is 1.64. The average molecular weight is 325 g/mol. The second-order valence-corrected chi connectivity index (χ2v) is 7.10. The van der Waals surface area contributed by atoms with Crippen molar-refractivity contribution >= 4 is 6.09 Å². The van der Waals surface area contributed by atoms with Gasteiger partial charge in [-0.05, 0) is 69.0 Å². The van der Waals surface area contributed by atoms with Crippen molar-refractivity contribution in [3.8, 4) is 11.5 Å². The van der Waals surface area contributed by atoms with Gasteiger partial charge in [0.2, 0.25) is 0 Å². The first-order valence-electron chi connectivity index (χ1n) is 8.23. The molecule has 1 amide bonds. The summed E-state index contributed by atoms with van der Waals surface area (Å²) in [6, 6.07) is 15.9. The minimum Gasteiger partial charge on any atom is -0.457 e. The minimum absolute atomic E-state index is 0.0711. The number of hydrogen-bond donors (Lipinski definition) is 1. The number of alkyl carbamates (subject to hydrolysis) is 1. The Morgan fingerprint density at radius 2 is 1.71 bits per heavy atom. The molecule has 1 unspecified atom stereocenters. The Bertz CT molecular complexity index is 719. The Hall–Kier alpha value is -2.49. The molecule has 2 aromatic rings. The van der Waals surface area contributed by atoms with Crippen molar-refractivity contribution < 1.29 is 14.3 Å². The van der Waals surface area contributed by atoms with E-state index in [4.69, 9.17) is 9.47 Å². The highest BCUT2D eigenvalue weighted by atomic mass is 16.6. The van der Waals surface area contributed by atoms with Crippen LogP contribution in [0, 0.1) is 0 Å². The molecular formula is C20H23NO3. The fourth-order valence-electron chi connectivity index (χ4n) is 2.86. The van der Waals surface area contributed by atoms with Crippen molar-refractivity contribution in [1.82, 2.24) is 5.32 Å². The van der Waals surface area contributed by atoms with E-state index in [9.17, 15) is 4.79 Å². The van der Waals surface area contributed by atoms with Crippen molar-refractivity contribution in [2.24, 2.45) is 0 Å². The second-order valence-electron chi connectivity index (χ2n) is 7.10. The monoisotopic (exact) mass is 325 g/mol. The van der Waals surface area contributed by atoms with Gasteiger partial charge in [0, 0.05) is 6.04 Å². The molecule has 0 spiro atoms. The molecule has 0 aliphatic heterocycles. The normalized spacial score (nSPS) is 16.4. The summed E-state index contributed by atoms with van der Waals surface area (Å²) < 4.78 is 11.2. The maximum atomic E-state index is 11.9. The molecule has 1 atom stereocenters. The van der Waals surface area contributed by atoms with Gasteiger partial charge in [0.05, 0.1) is 0 Å². The summed E-state index contributed by atoms with van der Waals surface area (Å²) in [4.78, 5) is 11.9. The minimum atomic E-state index is -0.480. The molecule has 0 bridgehead atoms. The molecule has 1 aliphatic rings. The van der Waals surface area contributed by atoms with E-state index in [-0.39, 0.29) is 12.1 Å². The predicted octanol–water partition coefficient (Wildman–Crippen LogP) is 4.47. The number of para-hydroxylation sites is 1. The van der Waals surface area contributed by atoms with Crippen LogP contribution in [-0.4, -0.2) is 17.7 Å². The lowest BCUT2D eigenvalue weighted by Crippen LogP contribution is -2.39. The number of rotatable bonds is 3. The molecule has 0 heterocycles. The number of fused-ring (bicyclic) bond motifs is 1. The van der Waals surface area contributed by atoms with E-state index in [2.05, 4.69) is 17.4 Å². The fourth-order valence-corrected chi connectivity index (χ4v) is 2.86. The molecule has 4 nitrogen and oxygen atoms in total. The molecule has 126 valence electrons. The zero-order valence-corrected chi connectivity index (χ0v) is 14.3. The first-order valence-corrected chi connectivity index (χ1v) is 8.23. The third kappa shape index (κ3) is 4.28. The predicted molar refractivity (Wildman–Crippen MR) is 93.5 cm³/mol. The van der Waals surface area contributed by atoms with Gasteiger partial charge in [-0.3, -0.25) is 0 Å². The molecule has 1 N–H and O–H groups in total. The van der Waals surface area contributed by atoms with Crippen LogP contribution in [0.4, 0.5) is 4.79 Å². The molecule has 0 saturated carbocycles. The van der Waals surface area contributed by atoms with Crippen molar-refractivity contribution in [3.63, 3.8) is 0 Å². The zero-order valence-electron chi connectivity index (χ0n) is 14.3. The van der Waals surface area contributed by atoms with E-state index in [1.165, 1.54) is 11.1 Å². The molecule has 0 aromatic heterocycles. The van der Waals surface area contributed by atoms with E-state index in [0.29, 0.717) is 0 Å². The van der Waals surface area contributed by atoms with Gasteiger partial charge < -0.3 is 14.8 Å². The molecule has 24 heavy (non-hydrogen) atoms. The van der Waals surface area contributed by atoms with Crippen molar-refractivity contribution in [3.05, 3.63) is 59.7 Å². The molecule has 0 radical (unpaired) electrons. The standard InChI is InChI=1S/C20H23NO3/c1-20(2,3)24-19(22)21-16-11-14-9-10-18(13-15(14)12-16)23-17-7-5-4-6-8-17/h4-10,13,16H,11-12H2,1-3H3,(H,21,22). The van der Waals surface area contributed by atoms with Crippen LogP contribution in [-0.2, 0) is 17.6 Å². The topological polar surface area (TPSA) is 47.6 Å². The number of benzene rings is 2. The van der Waals surface area contributed by atoms with E-state index in [0.717, 1.165) is 24.3 Å². The number of ether oxygens (including phenoxy) is 2. The average Bonchev–Trinajstić information content (AvgIpc) is 2.87. The van der Waals surface area contributed by atoms with Crippen LogP contribution in [0.25, 0.3) is 0 Å². The smallest absolute Gasteiger partial charge is 0.407 e. The van der Waals surface area contributed by atoms with Crippen LogP contribution in [0.3, 0.4) is 0 Å². The highest BCUT2D eigenvalue weighted by Crippen LogP contribution is 2.29.